The minimum atomic E-state index is -0.0683. The van der Waals surface area contributed by atoms with E-state index in [9.17, 15) is 4.79 Å². The molecule has 104 valence electrons. The Morgan fingerprint density at radius 2 is 1.58 bits per heavy atom. The van der Waals surface area contributed by atoms with Gasteiger partial charge in [-0.2, -0.15) is 0 Å². The molecule has 0 atom stereocenters. The first kappa shape index (κ1) is 14.1. The van der Waals surface area contributed by atoms with Gasteiger partial charge >= 0.3 is 0 Å². The van der Waals surface area contributed by atoms with Crippen LogP contribution in [0.3, 0.4) is 0 Å². The normalized spacial score (nSPS) is 21.2. The summed E-state index contributed by atoms with van der Waals surface area (Å²) in [7, 11) is 0. The van der Waals surface area contributed by atoms with E-state index in [1.807, 2.05) is 31.2 Å². The molecule has 1 aliphatic rings. The molecule has 0 radical (unpaired) electrons. The average Bonchev–Trinajstić information content (AvgIpc) is 2.26. The maximum absolute atomic E-state index is 13.0. The van der Waals surface area contributed by atoms with Crippen LogP contribution in [0, 0.1) is 6.92 Å². The number of hydrogen-bond acceptors (Lipinski definition) is 1. The van der Waals surface area contributed by atoms with Crippen LogP contribution in [0.25, 0.3) is 0 Å². The molecule has 1 heterocycles. The summed E-state index contributed by atoms with van der Waals surface area (Å²) in [5.41, 5.74) is 1.76. The molecular weight excluding hydrogens is 234 g/mol. The Morgan fingerprint density at radius 3 is 2.11 bits per heavy atom. The fourth-order valence-corrected chi connectivity index (χ4v) is 3.48. The maximum atomic E-state index is 13.0. The Hall–Kier alpha value is -1.31. The molecular formula is C17H25NO. The molecule has 1 aromatic carbocycles. The monoisotopic (exact) mass is 259 g/mol. The number of likely N-dealkylation sites (tertiary alicyclic amines) is 1. The van der Waals surface area contributed by atoms with Gasteiger partial charge in [-0.3, -0.25) is 4.79 Å². The minimum Gasteiger partial charge on any atom is -0.328 e. The van der Waals surface area contributed by atoms with E-state index in [4.69, 9.17) is 0 Å². The molecule has 0 aliphatic carbocycles. The summed E-state index contributed by atoms with van der Waals surface area (Å²) >= 11 is 0. The molecule has 1 saturated heterocycles. The third kappa shape index (κ3) is 2.54. The summed E-state index contributed by atoms with van der Waals surface area (Å²) in [6, 6.07) is 7.89. The van der Waals surface area contributed by atoms with E-state index in [2.05, 4.69) is 32.6 Å². The predicted octanol–water partition coefficient (Wildman–Crippen LogP) is 4.18. The van der Waals surface area contributed by atoms with E-state index < -0.39 is 0 Å². The van der Waals surface area contributed by atoms with Gasteiger partial charge < -0.3 is 4.90 Å². The summed E-state index contributed by atoms with van der Waals surface area (Å²) in [4.78, 5) is 15.1. The second kappa shape index (κ2) is 4.66. The topological polar surface area (TPSA) is 20.3 Å². The molecule has 2 nitrogen and oxygen atoms in total. The zero-order chi connectivity index (χ0) is 14.3. The highest BCUT2D eigenvalue weighted by Gasteiger charge is 2.44. The predicted molar refractivity (Wildman–Crippen MR) is 79.4 cm³/mol. The van der Waals surface area contributed by atoms with Crippen molar-refractivity contribution in [3.63, 3.8) is 0 Å². The lowest BCUT2D eigenvalue weighted by molar-refractivity contribution is -0.0112. The first-order chi connectivity index (χ1) is 8.76. The van der Waals surface area contributed by atoms with Crippen LogP contribution in [0.15, 0.2) is 24.3 Å². The van der Waals surface area contributed by atoms with Crippen LogP contribution in [0.2, 0.25) is 0 Å². The number of benzene rings is 1. The minimum absolute atomic E-state index is 0.0683. The van der Waals surface area contributed by atoms with Crippen LogP contribution in [0.1, 0.15) is 62.9 Å². The van der Waals surface area contributed by atoms with Gasteiger partial charge in [-0.05, 0) is 65.5 Å². The zero-order valence-electron chi connectivity index (χ0n) is 12.8. The number of rotatable bonds is 1. The largest absolute Gasteiger partial charge is 0.328 e. The Morgan fingerprint density at radius 1 is 1.05 bits per heavy atom. The number of carbonyl (C=O) groups excluding carboxylic acids is 1. The number of carbonyl (C=O) groups is 1. The highest BCUT2D eigenvalue weighted by Crippen LogP contribution is 2.39. The molecule has 0 N–H and O–H groups in total. The van der Waals surface area contributed by atoms with Gasteiger partial charge in [0.1, 0.15) is 0 Å². The van der Waals surface area contributed by atoms with Gasteiger partial charge in [0.25, 0.3) is 5.91 Å². The second-order valence-corrected chi connectivity index (χ2v) is 6.93. The maximum Gasteiger partial charge on any atom is 0.255 e. The fourth-order valence-electron chi connectivity index (χ4n) is 3.48. The first-order valence-corrected chi connectivity index (χ1v) is 7.16. The van der Waals surface area contributed by atoms with E-state index in [1.165, 1.54) is 6.42 Å². The third-order valence-electron chi connectivity index (χ3n) is 4.37. The summed E-state index contributed by atoms with van der Waals surface area (Å²) in [6.45, 7) is 10.7. The Labute approximate surface area is 116 Å². The SMILES string of the molecule is Cc1ccccc1C(=O)N1C(C)(C)CCCC1(C)C. The van der Waals surface area contributed by atoms with Crippen molar-refractivity contribution in [2.75, 3.05) is 0 Å². The van der Waals surface area contributed by atoms with Gasteiger partial charge in [0, 0.05) is 16.6 Å². The lowest BCUT2D eigenvalue weighted by Gasteiger charge is -2.53. The van der Waals surface area contributed by atoms with Crippen LogP contribution in [-0.2, 0) is 0 Å². The van der Waals surface area contributed by atoms with Gasteiger partial charge in [-0.1, -0.05) is 18.2 Å². The molecule has 0 saturated carbocycles. The van der Waals surface area contributed by atoms with Gasteiger partial charge in [-0.25, -0.2) is 0 Å². The fraction of sp³-hybridized carbons (Fsp3) is 0.588. The smallest absolute Gasteiger partial charge is 0.255 e. The zero-order valence-corrected chi connectivity index (χ0v) is 12.8. The molecule has 0 unspecified atom stereocenters. The molecule has 2 rings (SSSR count). The standard InChI is InChI=1S/C17H25NO/c1-13-9-6-7-10-14(13)15(19)18-16(2,3)11-8-12-17(18,4)5/h6-7,9-10H,8,11-12H2,1-5H3. The number of piperidine rings is 1. The van der Waals surface area contributed by atoms with Crippen LogP contribution in [0.4, 0.5) is 0 Å². The Bertz CT molecular complexity index is 472. The first-order valence-electron chi connectivity index (χ1n) is 7.16. The van der Waals surface area contributed by atoms with Crippen LogP contribution >= 0.6 is 0 Å². The third-order valence-corrected chi connectivity index (χ3v) is 4.37. The van der Waals surface area contributed by atoms with Crippen LogP contribution < -0.4 is 0 Å². The van der Waals surface area contributed by atoms with E-state index in [1.54, 1.807) is 0 Å². The van der Waals surface area contributed by atoms with Crippen molar-refractivity contribution in [2.45, 2.75) is 65.0 Å². The van der Waals surface area contributed by atoms with Crippen LogP contribution in [-0.4, -0.2) is 21.9 Å². The summed E-state index contributed by atoms with van der Waals surface area (Å²) in [5.74, 6) is 0.174. The van der Waals surface area contributed by atoms with Crippen molar-refractivity contribution < 1.29 is 4.79 Å². The molecule has 0 bridgehead atoms. The molecule has 1 aromatic rings. The molecule has 0 aromatic heterocycles. The highest BCUT2D eigenvalue weighted by molar-refractivity contribution is 5.96. The Balaban J connectivity index is 2.43. The van der Waals surface area contributed by atoms with Crippen LogP contribution in [0.5, 0.6) is 0 Å². The second-order valence-electron chi connectivity index (χ2n) is 6.93. The van der Waals surface area contributed by atoms with E-state index in [-0.39, 0.29) is 17.0 Å². The van der Waals surface area contributed by atoms with E-state index in [0.29, 0.717) is 0 Å². The molecule has 19 heavy (non-hydrogen) atoms. The summed E-state index contributed by atoms with van der Waals surface area (Å²) in [5, 5.41) is 0. The van der Waals surface area contributed by atoms with Crippen molar-refractivity contribution in [3.05, 3.63) is 35.4 Å². The lowest BCUT2D eigenvalue weighted by Crippen LogP contribution is -2.61. The number of nitrogens with zero attached hydrogens (tertiary/aromatic N) is 1. The van der Waals surface area contributed by atoms with Gasteiger partial charge in [0.2, 0.25) is 0 Å². The molecule has 1 amide bonds. The van der Waals surface area contributed by atoms with Crippen molar-refractivity contribution in [1.29, 1.82) is 0 Å². The van der Waals surface area contributed by atoms with Crippen molar-refractivity contribution in [1.82, 2.24) is 4.90 Å². The number of aryl methyl sites for hydroxylation is 1. The Kier molecular flexibility index (Phi) is 3.46. The lowest BCUT2D eigenvalue weighted by atomic mass is 9.79. The van der Waals surface area contributed by atoms with Crippen molar-refractivity contribution in [2.24, 2.45) is 0 Å². The van der Waals surface area contributed by atoms with Gasteiger partial charge in [-0.15, -0.1) is 0 Å². The summed E-state index contributed by atoms with van der Waals surface area (Å²) in [6.07, 6.45) is 3.35. The number of amides is 1. The van der Waals surface area contributed by atoms with Crippen molar-refractivity contribution in [3.8, 4) is 0 Å². The quantitative estimate of drug-likeness (QED) is 0.741. The summed E-state index contributed by atoms with van der Waals surface area (Å²) < 4.78 is 0. The van der Waals surface area contributed by atoms with Crippen molar-refractivity contribution >= 4 is 5.91 Å². The average molecular weight is 259 g/mol. The molecule has 0 spiro atoms. The highest BCUT2D eigenvalue weighted by atomic mass is 16.2. The molecule has 1 aliphatic heterocycles. The number of hydrogen-bond donors (Lipinski definition) is 0. The molecule has 1 fully saturated rings. The van der Waals surface area contributed by atoms with E-state index in [0.717, 1.165) is 24.0 Å². The van der Waals surface area contributed by atoms with Gasteiger partial charge in [0.05, 0.1) is 0 Å². The molecule has 2 heteroatoms. The van der Waals surface area contributed by atoms with E-state index >= 15 is 0 Å². The van der Waals surface area contributed by atoms with Gasteiger partial charge in [0.15, 0.2) is 0 Å².